The third-order valence-corrected chi connectivity index (χ3v) is 5.42. The van der Waals surface area contributed by atoms with Crippen molar-refractivity contribution in [2.24, 2.45) is 4.99 Å². The second-order valence-corrected chi connectivity index (χ2v) is 7.78. The molecule has 0 saturated heterocycles. The highest BCUT2D eigenvalue weighted by molar-refractivity contribution is 7.09. The first-order valence-electron chi connectivity index (χ1n) is 9.42. The van der Waals surface area contributed by atoms with Crippen molar-refractivity contribution in [3.63, 3.8) is 0 Å². The molecular formula is C20H29N5S. The van der Waals surface area contributed by atoms with Crippen LogP contribution in [-0.4, -0.2) is 37.6 Å². The van der Waals surface area contributed by atoms with Crippen molar-refractivity contribution >= 4 is 23.0 Å². The van der Waals surface area contributed by atoms with Crippen molar-refractivity contribution in [3.8, 4) is 0 Å². The molecule has 0 atom stereocenters. The van der Waals surface area contributed by atoms with Crippen LogP contribution < -0.4 is 15.5 Å². The van der Waals surface area contributed by atoms with Gasteiger partial charge in [0.25, 0.3) is 0 Å². The lowest BCUT2D eigenvalue weighted by molar-refractivity contribution is 0.742. The number of aliphatic imine (C=N–C) groups is 1. The molecule has 2 aromatic rings. The average molecular weight is 372 g/mol. The van der Waals surface area contributed by atoms with E-state index in [1.54, 1.807) is 11.3 Å². The number of aryl methyl sites for hydroxylation is 2. The van der Waals surface area contributed by atoms with Gasteiger partial charge in [0.1, 0.15) is 0 Å². The highest BCUT2D eigenvalue weighted by Crippen LogP contribution is 2.26. The van der Waals surface area contributed by atoms with E-state index in [4.69, 9.17) is 4.99 Å². The van der Waals surface area contributed by atoms with Gasteiger partial charge < -0.3 is 15.5 Å². The summed E-state index contributed by atoms with van der Waals surface area (Å²) in [6.07, 6.45) is 3.32. The number of guanidine groups is 1. The molecule has 0 unspecified atom stereocenters. The fourth-order valence-electron chi connectivity index (χ4n) is 3.28. The fourth-order valence-corrected chi connectivity index (χ4v) is 3.93. The SMILES string of the molecule is CCNC(=NCc1ccc2c(c1)CCCN2C)NCCc1csc(C)n1. The molecule has 1 aromatic carbocycles. The zero-order valence-electron chi connectivity index (χ0n) is 16.0. The van der Waals surface area contributed by atoms with Crippen LogP contribution in [0, 0.1) is 6.92 Å². The molecular weight excluding hydrogens is 342 g/mol. The molecule has 0 bridgehead atoms. The number of benzene rings is 1. The summed E-state index contributed by atoms with van der Waals surface area (Å²) in [6.45, 7) is 7.68. The van der Waals surface area contributed by atoms with Crippen molar-refractivity contribution in [2.75, 3.05) is 31.6 Å². The number of thiazole rings is 1. The summed E-state index contributed by atoms with van der Waals surface area (Å²) in [4.78, 5) is 11.6. The lowest BCUT2D eigenvalue weighted by Gasteiger charge is -2.27. The van der Waals surface area contributed by atoms with Gasteiger partial charge in [0.05, 0.1) is 17.2 Å². The van der Waals surface area contributed by atoms with Gasteiger partial charge in [-0.1, -0.05) is 12.1 Å². The number of nitrogens with zero attached hydrogens (tertiary/aromatic N) is 3. The minimum absolute atomic E-state index is 0.697. The van der Waals surface area contributed by atoms with E-state index in [2.05, 4.69) is 58.1 Å². The van der Waals surface area contributed by atoms with Gasteiger partial charge in [-0.2, -0.15) is 0 Å². The predicted molar refractivity (Wildman–Crippen MR) is 111 cm³/mol. The largest absolute Gasteiger partial charge is 0.374 e. The molecule has 0 aliphatic carbocycles. The predicted octanol–water partition coefficient (Wildman–Crippen LogP) is 3.13. The normalized spacial score (nSPS) is 14.3. The molecule has 1 aliphatic rings. The average Bonchev–Trinajstić information content (AvgIpc) is 3.05. The first kappa shape index (κ1) is 18.7. The molecule has 26 heavy (non-hydrogen) atoms. The van der Waals surface area contributed by atoms with Crippen LogP contribution in [0.1, 0.15) is 35.2 Å². The topological polar surface area (TPSA) is 52.6 Å². The lowest BCUT2D eigenvalue weighted by Crippen LogP contribution is -2.38. The molecule has 0 amide bonds. The quantitative estimate of drug-likeness (QED) is 0.605. The Balaban J connectivity index is 1.58. The van der Waals surface area contributed by atoms with E-state index >= 15 is 0 Å². The van der Waals surface area contributed by atoms with Crippen molar-refractivity contribution in [3.05, 3.63) is 45.4 Å². The molecule has 5 nitrogen and oxygen atoms in total. The standard InChI is InChI=1S/C20H29N5S/c1-4-21-20(22-10-9-18-14-26-15(2)24-18)23-13-16-7-8-19-17(12-16)6-5-11-25(19)3/h7-8,12,14H,4-6,9-11,13H2,1-3H3,(H2,21,22,23). The third kappa shape index (κ3) is 4.97. The fraction of sp³-hybridized carbons (Fsp3) is 0.500. The van der Waals surface area contributed by atoms with Gasteiger partial charge in [-0.25, -0.2) is 9.98 Å². The zero-order chi connectivity index (χ0) is 18.4. The highest BCUT2D eigenvalue weighted by atomic mass is 32.1. The van der Waals surface area contributed by atoms with Gasteiger partial charge in [-0.3, -0.25) is 0 Å². The molecule has 1 aromatic heterocycles. The summed E-state index contributed by atoms with van der Waals surface area (Å²) in [5, 5.41) is 9.99. The molecule has 1 aliphatic heterocycles. The molecule has 6 heteroatoms. The Morgan fingerprint density at radius 1 is 1.35 bits per heavy atom. The van der Waals surface area contributed by atoms with Crippen molar-refractivity contribution in [1.82, 2.24) is 15.6 Å². The van der Waals surface area contributed by atoms with Crippen LogP contribution in [0.4, 0.5) is 5.69 Å². The summed E-state index contributed by atoms with van der Waals surface area (Å²) in [7, 11) is 2.17. The Kier molecular flexibility index (Phi) is 6.50. The number of hydrogen-bond acceptors (Lipinski definition) is 4. The van der Waals surface area contributed by atoms with E-state index in [1.807, 2.05) is 6.92 Å². The molecule has 0 radical (unpaired) electrons. The van der Waals surface area contributed by atoms with Crippen molar-refractivity contribution in [2.45, 2.75) is 39.7 Å². The van der Waals surface area contributed by atoms with Gasteiger partial charge in [0.2, 0.25) is 0 Å². The number of anilines is 1. The Bertz CT molecular complexity index is 752. The van der Waals surface area contributed by atoms with E-state index < -0.39 is 0 Å². The Morgan fingerprint density at radius 2 is 2.23 bits per heavy atom. The Hall–Kier alpha value is -2.08. The van der Waals surface area contributed by atoms with Crippen LogP contribution >= 0.6 is 11.3 Å². The number of nitrogens with one attached hydrogen (secondary N) is 2. The van der Waals surface area contributed by atoms with Crippen LogP contribution in [0.2, 0.25) is 0 Å². The molecule has 0 fully saturated rings. The molecule has 2 N–H and O–H groups in total. The Morgan fingerprint density at radius 3 is 3.00 bits per heavy atom. The molecule has 0 saturated carbocycles. The van der Waals surface area contributed by atoms with Crippen LogP contribution in [0.3, 0.4) is 0 Å². The number of fused-ring (bicyclic) bond motifs is 1. The van der Waals surface area contributed by atoms with Gasteiger partial charge in [-0.05, 0) is 43.9 Å². The highest BCUT2D eigenvalue weighted by Gasteiger charge is 2.13. The van der Waals surface area contributed by atoms with Gasteiger partial charge >= 0.3 is 0 Å². The monoisotopic (exact) mass is 371 g/mol. The van der Waals surface area contributed by atoms with E-state index in [9.17, 15) is 0 Å². The number of rotatable bonds is 6. The maximum absolute atomic E-state index is 4.75. The zero-order valence-corrected chi connectivity index (χ0v) is 16.8. The van der Waals surface area contributed by atoms with E-state index in [1.165, 1.54) is 29.7 Å². The molecule has 3 rings (SSSR count). The first-order chi connectivity index (χ1) is 12.7. The smallest absolute Gasteiger partial charge is 0.191 e. The molecule has 2 heterocycles. The van der Waals surface area contributed by atoms with Gasteiger partial charge in [0.15, 0.2) is 5.96 Å². The molecule has 0 spiro atoms. The minimum atomic E-state index is 0.697. The van der Waals surface area contributed by atoms with E-state index in [0.29, 0.717) is 6.54 Å². The first-order valence-corrected chi connectivity index (χ1v) is 10.3. The Labute approximate surface area is 160 Å². The maximum atomic E-state index is 4.75. The van der Waals surface area contributed by atoms with Crippen LogP contribution in [0.25, 0.3) is 0 Å². The maximum Gasteiger partial charge on any atom is 0.191 e. The van der Waals surface area contributed by atoms with E-state index in [0.717, 1.165) is 42.7 Å². The van der Waals surface area contributed by atoms with Crippen LogP contribution in [0.5, 0.6) is 0 Å². The van der Waals surface area contributed by atoms with E-state index in [-0.39, 0.29) is 0 Å². The summed E-state index contributed by atoms with van der Waals surface area (Å²) >= 11 is 1.70. The summed E-state index contributed by atoms with van der Waals surface area (Å²) < 4.78 is 0. The van der Waals surface area contributed by atoms with Crippen molar-refractivity contribution < 1.29 is 0 Å². The number of aromatic nitrogens is 1. The second kappa shape index (κ2) is 9.03. The third-order valence-electron chi connectivity index (χ3n) is 4.60. The van der Waals surface area contributed by atoms with Gasteiger partial charge in [-0.15, -0.1) is 11.3 Å². The van der Waals surface area contributed by atoms with Crippen molar-refractivity contribution in [1.29, 1.82) is 0 Å². The molecule has 140 valence electrons. The summed E-state index contributed by atoms with van der Waals surface area (Å²) in [6, 6.07) is 6.76. The lowest BCUT2D eigenvalue weighted by atomic mass is 10.00. The van der Waals surface area contributed by atoms with Gasteiger partial charge in [0, 0.05) is 44.2 Å². The summed E-state index contributed by atoms with van der Waals surface area (Å²) in [5.74, 6) is 0.870. The number of hydrogen-bond donors (Lipinski definition) is 2. The van der Waals surface area contributed by atoms with Crippen LogP contribution in [-0.2, 0) is 19.4 Å². The minimum Gasteiger partial charge on any atom is -0.374 e. The summed E-state index contributed by atoms with van der Waals surface area (Å²) in [5.41, 5.74) is 5.23. The van der Waals surface area contributed by atoms with Crippen LogP contribution in [0.15, 0.2) is 28.6 Å². The second-order valence-electron chi connectivity index (χ2n) is 6.72.